The van der Waals surface area contributed by atoms with Crippen LogP contribution in [0.3, 0.4) is 0 Å². The lowest BCUT2D eigenvalue weighted by molar-refractivity contribution is -0.135. The van der Waals surface area contributed by atoms with Gasteiger partial charge >= 0.3 is 0 Å². The van der Waals surface area contributed by atoms with E-state index in [2.05, 4.69) is 5.32 Å². The molecule has 1 saturated carbocycles. The Kier molecular flexibility index (Phi) is 7.82. The Hall–Kier alpha value is -0.810. The molecule has 5 nitrogen and oxygen atoms in total. The smallest absolute Gasteiger partial charge is 0.239 e. The fraction of sp³-hybridized carbons (Fsp3) is 0.889. The van der Waals surface area contributed by atoms with Crippen LogP contribution in [-0.2, 0) is 9.59 Å². The van der Waals surface area contributed by atoms with Crippen LogP contribution in [0.1, 0.15) is 57.8 Å². The van der Waals surface area contributed by atoms with Crippen LogP contribution in [-0.4, -0.2) is 60.4 Å². The fourth-order valence-electron chi connectivity index (χ4n) is 4.26. The molecule has 1 N–H and O–H groups in total. The molecule has 3 rings (SSSR count). The lowest BCUT2D eigenvalue weighted by Gasteiger charge is -2.29. The first-order valence-electron chi connectivity index (χ1n) is 9.54. The minimum Gasteiger partial charge on any atom is -0.341 e. The molecule has 138 valence electrons. The molecule has 0 spiro atoms. The van der Waals surface area contributed by atoms with Gasteiger partial charge in [-0.15, -0.1) is 12.4 Å². The van der Waals surface area contributed by atoms with Crippen molar-refractivity contribution in [3.8, 4) is 0 Å². The highest BCUT2D eigenvalue weighted by molar-refractivity contribution is 5.85. The molecular weight excluding hydrogens is 326 g/mol. The first-order valence-corrected chi connectivity index (χ1v) is 9.54. The second kappa shape index (κ2) is 9.62. The number of piperidine rings is 1. The van der Waals surface area contributed by atoms with Crippen molar-refractivity contribution < 1.29 is 9.59 Å². The molecule has 0 aromatic carbocycles. The molecule has 24 heavy (non-hydrogen) atoms. The van der Waals surface area contributed by atoms with E-state index >= 15 is 0 Å². The molecule has 2 aliphatic heterocycles. The maximum Gasteiger partial charge on any atom is 0.239 e. The summed E-state index contributed by atoms with van der Waals surface area (Å²) in [6.07, 6.45) is 9.92. The number of rotatable bonds is 3. The second-order valence-electron chi connectivity index (χ2n) is 7.42. The molecule has 0 aromatic rings. The van der Waals surface area contributed by atoms with Gasteiger partial charge in [-0.3, -0.25) is 9.59 Å². The third-order valence-corrected chi connectivity index (χ3v) is 5.71. The standard InChI is InChI=1S/C18H31N3O2.ClH/c22-17(14-15-6-1-2-7-15)20-10-5-11-21(13-12-20)18(23)16-8-3-4-9-19-16;/h15-16,19H,1-14H2;1H. The van der Waals surface area contributed by atoms with Crippen LogP contribution < -0.4 is 5.32 Å². The zero-order valence-corrected chi connectivity index (χ0v) is 15.5. The van der Waals surface area contributed by atoms with Gasteiger partial charge < -0.3 is 15.1 Å². The van der Waals surface area contributed by atoms with Gasteiger partial charge in [-0.05, 0) is 44.6 Å². The average molecular weight is 358 g/mol. The molecule has 0 bridgehead atoms. The van der Waals surface area contributed by atoms with Crippen molar-refractivity contribution in [2.45, 2.75) is 63.8 Å². The predicted molar refractivity (Wildman–Crippen MR) is 97.2 cm³/mol. The summed E-state index contributed by atoms with van der Waals surface area (Å²) in [4.78, 5) is 29.1. The largest absolute Gasteiger partial charge is 0.341 e. The van der Waals surface area contributed by atoms with Crippen molar-refractivity contribution in [2.24, 2.45) is 5.92 Å². The molecule has 1 atom stereocenters. The van der Waals surface area contributed by atoms with Crippen LogP contribution in [0.15, 0.2) is 0 Å². The average Bonchev–Trinajstić information content (AvgIpc) is 2.96. The Bertz CT molecular complexity index is 420. The Morgan fingerprint density at radius 3 is 2.21 bits per heavy atom. The highest BCUT2D eigenvalue weighted by Crippen LogP contribution is 2.28. The number of carbonyl (C=O) groups excluding carboxylic acids is 2. The monoisotopic (exact) mass is 357 g/mol. The molecule has 0 aromatic heterocycles. The maximum atomic E-state index is 12.6. The number of carbonyl (C=O) groups is 2. The highest BCUT2D eigenvalue weighted by Gasteiger charge is 2.29. The molecule has 0 radical (unpaired) electrons. The maximum absolute atomic E-state index is 12.6. The molecule has 2 heterocycles. The van der Waals surface area contributed by atoms with E-state index in [-0.39, 0.29) is 24.4 Å². The molecule has 2 saturated heterocycles. The van der Waals surface area contributed by atoms with Crippen LogP contribution in [0.25, 0.3) is 0 Å². The quantitative estimate of drug-likeness (QED) is 0.842. The molecule has 3 fully saturated rings. The van der Waals surface area contributed by atoms with Crippen molar-refractivity contribution in [3.63, 3.8) is 0 Å². The van der Waals surface area contributed by atoms with E-state index in [0.717, 1.165) is 45.3 Å². The van der Waals surface area contributed by atoms with Gasteiger partial charge in [0.1, 0.15) is 0 Å². The number of nitrogens with one attached hydrogen (secondary N) is 1. The number of amides is 2. The number of halogens is 1. The minimum atomic E-state index is 0. The van der Waals surface area contributed by atoms with Gasteiger partial charge in [0.15, 0.2) is 0 Å². The van der Waals surface area contributed by atoms with Crippen LogP contribution in [0.4, 0.5) is 0 Å². The summed E-state index contributed by atoms with van der Waals surface area (Å²) in [6.45, 7) is 3.98. The second-order valence-corrected chi connectivity index (χ2v) is 7.42. The Balaban J connectivity index is 0.00000208. The SMILES string of the molecule is Cl.O=C(CC1CCCC1)N1CCCN(C(=O)C2CCCCN2)CC1. The fourth-order valence-corrected chi connectivity index (χ4v) is 4.26. The molecule has 1 aliphatic carbocycles. The van der Waals surface area contributed by atoms with Crippen LogP contribution in [0, 0.1) is 5.92 Å². The van der Waals surface area contributed by atoms with Crippen LogP contribution >= 0.6 is 12.4 Å². The van der Waals surface area contributed by atoms with Crippen molar-refractivity contribution in [3.05, 3.63) is 0 Å². The highest BCUT2D eigenvalue weighted by atomic mass is 35.5. The lowest BCUT2D eigenvalue weighted by atomic mass is 10.0. The van der Waals surface area contributed by atoms with Gasteiger partial charge in [0, 0.05) is 32.6 Å². The normalized spacial score (nSPS) is 25.9. The summed E-state index contributed by atoms with van der Waals surface area (Å²) >= 11 is 0. The van der Waals surface area contributed by atoms with Crippen LogP contribution in [0.5, 0.6) is 0 Å². The van der Waals surface area contributed by atoms with E-state index in [1.165, 1.54) is 32.1 Å². The van der Waals surface area contributed by atoms with E-state index in [4.69, 9.17) is 0 Å². The van der Waals surface area contributed by atoms with Gasteiger partial charge in [-0.1, -0.05) is 19.3 Å². The summed E-state index contributed by atoms with van der Waals surface area (Å²) in [7, 11) is 0. The lowest BCUT2D eigenvalue weighted by Crippen LogP contribution is -2.49. The van der Waals surface area contributed by atoms with Gasteiger partial charge in [-0.2, -0.15) is 0 Å². The summed E-state index contributed by atoms with van der Waals surface area (Å²) in [5, 5.41) is 3.35. The number of hydrogen-bond acceptors (Lipinski definition) is 3. The van der Waals surface area contributed by atoms with Crippen molar-refractivity contribution in [1.82, 2.24) is 15.1 Å². The van der Waals surface area contributed by atoms with Crippen molar-refractivity contribution in [2.75, 3.05) is 32.7 Å². The molecular formula is C18H32ClN3O2. The van der Waals surface area contributed by atoms with Gasteiger partial charge in [0.05, 0.1) is 6.04 Å². The third kappa shape index (κ3) is 5.09. The molecule has 1 unspecified atom stereocenters. The Labute approximate surface area is 151 Å². The Morgan fingerprint density at radius 2 is 1.50 bits per heavy atom. The summed E-state index contributed by atoms with van der Waals surface area (Å²) in [5.41, 5.74) is 0. The van der Waals surface area contributed by atoms with Gasteiger partial charge in [-0.25, -0.2) is 0 Å². The zero-order valence-electron chi connectivity index (χ0n) is 14.7. The van der Waals surface area contributed by atoms with E-state index in [0.29, 0.717) is 24.9 Å². The zero-order chi connectivity index (χ0) is 16.1. The first kappa shape index (κ1) is 19.5. The van der Waals surface area contributed by atoms with Crippen molar-refractivity contribution >= 4 is 24.2 Å². The summed E-state index contributed by atoms with van der Waals surface area (Å²) < 4.78 is 0. The van der Waals surface area contributed by atoms with E-state index in [1.54, 1.807) is 0 Å². The topological polar surface area (TPSA) is 52.7 Å². The van der Waals surface area contributed by atoms with E-state index < -0.39 is 0 Å². The molecule has 2 amide bonds. The van der Waals surface area contributed by atoms with Gasteiger partial charge in [0.2, 0.25) is 11.8 Å². The summed E-state index contributed by atoms with van der Waals surface area (Å²) in [6, 6.07) is 0.00416. The van der Waals surface area contributed by atoms with E-state index in [1.807, 2.05) is 9.80 Å². The minimum absolute atomic E-state index is 0. The Morgan fingerprint density at radius 1 is 0.833 bits per heavy atom. The first-order chi connectivity index (χ1) is 11.2. The van der Waals surface area contributed by atoms with E-state index in [9.17, 15) is 9.59 Å². The third-order valence-electron chi connectivity index (χ3n) is 5.71. The van der Waals surface area contributed by atoms with Gasteiger partial charge in [0.25, 0.3) is 0 Å². The number of nitrogens with zero attached hydrogens (tertiary/aromatic N) is 2. The van der Waals surface area contributed by atoms with Crippen LogP contribution in [0.2, 0.25) is 0 Å². The molecule has 6 heteroatoms. The summed E-state index contributed by atoms with van der Waals surface area (Å²) in [5.74, 6) is 1.16. The van der Waals surface area contributed by atoms with Crippen molar-refractivity contribution in [1.29, 1.82) is 0 Å². The molecule has 3 aliphatic rings. The predicted octanol–water partition coefficient (Wildman–Crippen LogP) is 2.19. The number of hydrogen-bond donors (Lipinski definition) is 1.